The molecule has 3 amide bonds. The third kappa shape index (κ3) is 3.39. The van der Waals surface area contributed by atoms with Crippen molar-refractivity contribution in [1.82, 2.24) is 5.32 Å². The van der Waals surface area contributed by atoms with Crippen molar-refractivity contribution >= 4 is 11.9 Å². The molecular weight excluding hydrogens is 225 g/mol. The van der Waals surface area contributed by atoms with E-state index in [4.69, 9.17) is 5.73 Å². The van der Waals surface area contributed by atoms with Crippen molar-refractivity contribution in [1.29, 1.82) is 0 Å². The van der Waals surface area contributed by atoms with Gasteiger partial charge in [0.05, 0.1) is 5.92 Å². The van der Waals surface area contributed by atoms with Gasteiger partial charge in [0, 0.05) is 5.92 Å². The Kier molecular flexibility index (Phi) is 3.77. The van der Waals surface area contributed by atoms with Crippen LogP contribution in [0.25, 0.3) is 0 Å². The van der Waals surface area contributed by atoms with E-state index in [0.717, 1.165) is 0 Å². The van der Waals surface area contributed by atoms with Crippen molar-refractivity contribution in [3.63, 3.8) is 0 Å². The van der Waals surface area contributed by atoms with Gasteiger partial charge in [-0.05, 0) is 25.7 Å². The number of imide groups is 1. The van der Waals surface area contributed by atoms with Gasteiger partial charge in [0.25, 0.3) is 0 Å². The Morgan fingerprint density at radius 2 is 1.62 bits per heavy atom. The quantitative estimate of drug-likeness (QED) is 0.727. The van der Waals surface area contributed by atoms with E-state index in [1.807, 2.05) is 5.32 Å². The maximum atomic E-state index is 12.3. The number of nitrogens with two attached hydrogens (primary N) is 1. The Hall–Kier alpha value is -1.27. The summed E-state index contributed by atoms with van der Waals surface area (Å²) in [5.74, 6) is -2.44. The summed E-state index contributed by atoms with van der Waals surface area (Å²) >= 11 is 0. The first kappa shape index (κ1) is 12.8. The molecule has 0 spiro atoms. The molecule has 0 aliphatic heterocycles. The first-order valence-electron chi connectivity index (χ1n) is 4.97. The Bertz CT molecular complexity index is 283. The average Bonchev–Trinajstić information content (AvgIpc) is 2.15. The van der Waals surface area contributed by atoms with E-state index in [0.29, 0.717) is 0 Å². The second-order valence-electron chi connectivity index (χ2n) is 3.94. The minimum Gasteiger partial charge on any atom is -0.351 e. The smallest absolute Gasteiger partial charge is 0.351 e. The molecule has 0 atom stereocenters. The van der Waals surface area contributed by atoms with Gasteiger partial charge in [0.2, 0.25) is 5.91 Å². The van der Waals surface area contributed by atoms with Gasteiger partial charge < -0.3 is 5.73 Å². The Labute approximate surface area is 90.4 Å². The topological polar surface area (TPSA) is 72.2 Å². The van der Waals surface area contributed by atoms with Crippen LogP contribution in [-0.4, -0.2) is 18.1 Å². The van der Waals surface area contributed by atoms with Crippen molar-refractivity contribution in [3.05, 3.63) is 0 Å². The molecule has 4 nitrogen and oxygen atoms in total. The Morgan fingerprint density at radius 3 is 2.00 bits per heavy atom. The average molecular weight is 238 g/mol. The van der Waals surface area contributed by atoms with Crippen LogP contribution in [0.1, 0.15) is 25.7 Å². The number of amides is 3. The van der Waals surface area contributed by atoms with E-state index in [2.05, 4.69) is 0 Å². The largest absolute Gasteiger partial charge is 0.391 e. The van der Waals surface area contributed by atoms with Gasteiger partial charge in [-0.2, -0.15) is 13.2 Å². The molecule has 0 radical (unpaired) electrons. The predicted molar refractivity (Wildman–Crippen MR) is 49.2 cm³/mol. The molecule has 0 unspecified atom stereocenters. The van der Waals surface area contributed by atoms with E-state index in [1.54, 1.807) is 0 Å². The van der Waals surface area contributed by atoms with E-state index in [-0.39, 0.29) is 25.7 Å². The third-order valence-electron chi connectivity index (χ3n) is 2.81. The number of urea groups is 1. The van der Waals surface area contributed by atoms with E-state index < -0.39 is 30.0 Å². The number of hydrogen-bond acceptors (Lipinski definition) is 2. The van der Waals surface area contributed by atoms with Crippen molar-refractivity contribution in [2.24, 2.45) is 17.6 Å². The SMILES string of the molecule is NC(=O)NC(=O)C1CCC(C(F)(F)F)CC1. The molecule has 16 heavy (non-hydrogen) atoms. The van der Waals surface area contributed by atoms with Crippen LogP contribution in [0.4, 0.5) is 18.0 Å². The minimum absolute atomic E-state index is 0.0691. The highest BCUT2D eigenvalue weighted by molar-refractivity contribution is 5.94. The zero-order valence-corrected chi connectivity index (χ0v) is 8.51. The summed E-state index contributed by atoms with van der Waals surface area (Å²) in [5, 5.41) is 1.88. The van der Waals surface area contributed by atoms with Crippen LogP contribution in [0.15, 0.2) is 0 Å². The molecule has 92 valence electrons. The maximum Gasteiger partial charge on any atom is 0.391 e. The summed E-state index contributed by atoms with van der Waals surface area (Å²) in [6.45, 7) is 0. The van der Waals surface area contributed by atoms with Crippen molar-refractivity contribution < 1.29 is 22.8 Å². The monoisotopic (exact) mass is 238 g/mol. The summed E-state index contributed by atoms with van der Waals surface area (Å²) < 4.78 is 36.9. The summed E-state index contributed by atoms with van der Waals surface area (Å²) in [4.78, 5) is 21.7. The summed E-state index contributed by atoms with van der Waals surface area (Å²) in [7, 11) is 0. The van der Waals surface area contributed by atoms with Crippen LogP contribution in [-0.2, 0) is 4.79 Å². The molecular formula is C9H13F3N2O2. The van der Waals surface area contributed by atoms with Gasteiger partial charge in [-0.25, -0.2) is 4.79 Å². The highest BCUT2D eigenvalue weighted by atomic mass is 19.4. The van der Waals surface area contributed by atoms with Crippen LogP contribution in [0.2, 0.25) is 0 Å². The lowest BCUT2D eigenvalue weighted by Gasteiger charge is -2.28. The predicted octanol–water partition coefficient (Wildman–Crippen LogP) is 1.55. The number of rotatable bonds is 1. The number of carbonyl (C=O) groups excluding carboxylic acids is 2. The molecule has 1 saturated carbocycles. The van der Waals surface area contributed by atoms with E-state index >= 15 is 0 Å². The highest BCUT2D eigenvalue weighted by Gasteiger charge is 2.42. The minimum atomic E-state index is -4.19. The van der Waals surface area contributed by atoms with Crippen LogP contribution in [0.3, 0.4) is 0 Å². The molecule has 7 heteroatoms. The third-order valence-corrected chi connectivity index (χ3v) is 2.81. The van der Waals surface area contributed by atoms with Crippen molar-refractivity contribution in [3.8, 4) is 0 Å². The fraction of sp³-hybridized carbons (Fsp3) is 0.778. The van der Waals surface area contributed by atoms with E-state index in [1.165, 1.54) is 0 Å². The zero-order chi connectivity index (χ0) is 12.3. The molecule has 0 bridgehead atoms. The lowest BCUT2D eigenvalue weighted by atomic mass is 9.81. The molecule has 0 aromatic carbocycles. The fourth-order valence-corrected chi connectivity index (χ4v) is 1.91. The number of nitrogens with one attached hydrogen (secondary N) is 1. The summed E-state index contributed by atoms with van der Waals surface area (Å²) in [5.41, 5.74) is 4.75. The van der Waals surface area contributed by atoms with Gasteiger partial charge in [-0.15, -0.1) is 0 Å². The van der Waals surface area contributed by atoms with Crippen LogP contribution < -0.4 is 11.1 Å². The van der Waals surface area contributed by atoms with Gasteiger partial charge >= 0.3 is 12.2 Å². The van der Waals surface area contributed by atoms with Crippen molar-refractivity contribution in [2.45, 2.75) is 31.9 Å². The molecule has 0 aromatic rings. The second-order valence-corrected chi connectivity index (χ2v) is 3.94. The molecule has 1 aliphatic rings. The second kappa shape index (κ2) is 4.71. The van der Waals surface area contributed by atoms with Crippen LogP contribution in [0.5, 0.6) is 0 Å². The molecule has 0 saturated heterocycles. The van der Waals surface area contributed by atoms with Gasteiger partial charge in [-0.1, -0.05) is 0 Å². The van der Waals surface area contributed by atoms with Gasteiger partial charge in [0.1, 0.15) is 0 Å². The number of halogens is 3. The van der Waals surface area contributed by atoms with Gasteiger partial charge in [0.15, 0.2) is 0 Å². The normalized spacial score (nSPS) is 26.2. The number of primary amides is 1. The summed E-state index contributed by atoms with van der Waals surface area (Å²) in [6, 6.07) is -0.969. The zero-order valence-electron chi connectivity index (χ0n) is 8.51. The number of carbonyl (C=O) groups is 2. The molecule has 0 aromatic heterocycles. The first-order valence-corrected chi connectivity index (χ1v) is 4.97. The Morgan fingerprint density at radius 1 is 1.12 bits per heavy atom. The molecule has 3 N–H and O–H groups in total. The highest BCUT2D eigenvalue weighted by Crippen LogP contribution is 2.39. The summed E-state index contributed by atoms with van der Waals surface area (Å²) in [6.07, 6.45) is -4.04. The van der Waals surface area contributed by atoms with Crippen LogP contribution in [0, 0.1) is 11.8 Å². The molecule has 1 aliphatic carbocycles. The van der Waals surface area contributed by atoms with Crippen LogP contribution >= 0.6 is 0 Å². The number of hydrogen-bond donors (Lipinski definition) is 2. The lowest BCUT2D eigenvalue weighted by molar-refractivity contribution is -0.184. The number of alkyl halides is 3. The molecule has 1 rings (SSSR count). The maximum absolute atomic E-state index is 12.3. The first-order chi connectivity index (χ1) is 7.30. The van der Waals surface area contributed by atoms with E-state index in [9.17, 15) is 22.8 Å². The molecule has 0 heterocycles. The molecule has 1 fully saturated rings. The van der Waals surface area contributed by atoms with Crippen molar-refractivity contribution in [2.75, 3.05) is 0 Å². The fourth-order valence-electron chi connectivity index (χ4n) is 1.91. The van der Waals surface area contributed by atoms with Gasteiger partial charge in [-0.3, -0.25) is 10.1 Å². The standard InChI is InChI=1S/C9H13F3N2O2/c10-9(11,12)6-3-1-5(2-4-6)7(15)14-8(13)16/h5-6H,1-4H2,(H3,13,14,15,16). The lowest BCUT2D eigenvalue weighted by Crippen LogP contribution is -2.41. The Balaban J connectivity index is 2.43.